The second kappa shape index (κ2) is 4.34. The number of pyridine rings is 1. The smallest absolute Gasteiger partial charge is 0.128 e. The van der Waals surface area contributed by atoms with Crippen molar-refractivity contribution in [2.24, 2.45) is 0 Å². The lowest BCUT2D eigenvalue weighted by atomic mass is 10.0. The molecule has 0 saturated carbocycles. The molecule has 1 aromatic heterocycles. The quantitative estimate of drug-likeness (QED) is 0.907. The Kier molecular flexibility index (Phi) is 3.22. The van der Waals surface area contributed by atoms with Crippen molar-refractivity contribution in [2.75, 3.05) is 18.0 Å². The van der Waals surface area contributed by atoms with Gasteiger partial charge < -0.3 is 10.0 Å². The van der Waals surface area contributed by atoms with Crippen molar-refractivity contribution >= 4 is 21.7 Å². The number of rotatable bonds is 2. The van der Waals surface area contributed by atoms with Gasteiger partial charge in [-0.3, -0.25) is 0 Å². The molecule has 1 fully saturated rings. The lowest BCUT2D eigenvalue weighted by Gasteiger charge is -2.22. The highest BCUT2D eigenvalue weighted by Crippen LogP contribution is 2.28. The third-order valence-electron chi connectivity index (χ3n) is 3.32. The summed E-state index contributed by atoms with van der Waals surface area (Å²) in [5.74, 6) is 0.963. The molecule has 0 bridgehead atoms. The van der Waals surface area contributed by atoms with Crippen molar-refractivity contribution in [3.05, 3.63) is 22.3 Å². The Morgan fingerprint density at radius 1 is 1.56 bits per heavy atom. The van der Waals surface area contributed by atoms with Gasteiger partial charge in [-0.1, -0.05) is 6.92 Å². The van der Waals surface area contributed by atoms with Crippen molar-refractivity contribution < 1.29 is 5.11 Å². The number of aliphatic hydroxyl groups is 1. The van der Waals surface area contributed by atoms with Gasteiger partial charge in [-0.15, -0.1) is 0 Å². The lowest BCUT2D eigenvalue weighted by Crippen LogP contribution is -2.32. The second-order valence-electron chi connectivity index (χ2n) is 4.49. The first-order valence-corrected chi connectivity index (χ1v) is 6.44. The van der Waals surface area contributed by atoms with E-state index >= 15 is 0 Å². The minimum absolute atomic E-state index is 0.525. The predicted molar refractivity (Wildman–Crippen MR) is 68.7 cm³/mol. The molecule has 16 heavy (non-hydrogen) atoms. The van der Waals surface area contributed by atoms with Crippen molar-refractivity contribution in [3.63, 3.8) is 0 Å². The fraction of sp³-hybridized carbons (Fsp3) is 0.583. The predicted octanol–water partition coefficient (Wildman–Crippen LogP) is 2.50. The molecule has 1 atom stereocenters. The van der Waals surface area contributed by atoms with Crippen molar-refractivity contribution in [3.8, 4) is 0 Å². The van der Waals surface area contributed by atoms with E-state index in [4.69, 9.17) is 0 Å². The van der Waals surface area contributed by atoms with Crippen LogP contribution in [-0.2, 0) is 0 Å². The van der Waals surface area contributed by atoms with Gasteiger partial charge in [0.25, 0.3) is 0 Å². The third kappa shape index (κ3) is 2.23. The molecule has 1 aromatic rings. The van der Waals surface area contributed by atoms with Crippen LogP contribution < -0.4 is 4.90 Å². The molecule has 1 saturated heterocycles. The highest BCUT2D eigenvalue weighted by molar-refractivity contribution is 9.10. The molecule has 2 heterocycles. The van der Waals surface area contributed by atoms with E-state index in [-0.39, 0.29) is 0 Å². The zero-order chi connectivity index (χ0) is 11.8. The minimum atomic E-state index is -0.525. The van der Waals surface area contributed by atoms with Gasteiger partial charge in [-0.25, -0.2) is 4.98 Å². The Morgan fingerprint density at radius 3 is 2.88 bits per heavy atom. The Morgan fingerprint density at radius 2 is 2.31 bits per heavy atom. The zero-order valence-electron chi connectivity index (χ0n) is 9.70. The van der Waals surface area contributed by atoms with E-state index < -0.39 is 5.60 Å². The van der Waals surface area contributed by atoms with Crippen LogP contribution in [-0.4, -0.2) is 28.8 Å². The number of nitrogens with zero attached hydrogens (tertiary/aromatic N) is 2. The van der Waals surface area contributed by atoms with Gasteiger partial charge in [-0.2, -0.15) is 0 Å². The van der Waals surface area contributed by atoms with Crippen LogP contribution >= 0.6 is 15.9 Å². The number of anilines is 1. The number of hydrogen-bond acceptors (Lipinski definition) is 3. The first-order chi connectivity index (χ1) is 7.54. The maximum atomic E-state index is 10.2. The monoisotopic (exact) mass is 284 g/mol. The van der Waals surface area contributed by atoms with Crippen LogP contribution in [0, 0.1) is 6.92 Å². The highest BCUT2D eigenvalue weighted by Gasteiger charge is 2.34. The van der Waals surface area contributed by atoms with Crippen molar-refractivity contribution in [2.45, 2.75) is 32.3 Å². The summed E-state index contributed by atoms with van der Waals surface area (Å²) in [6.07, 6.45) is 1.64. The van der Waals surface area contributed by atoms with Crippen LogP contribution in [0.2, 0.25) is 0 Å². The summed E-state index contributed by atoms with van der Waals surface area (Å²) in [4.78, 5) is 6.68. The molecule has 3 nitrogen and oxygen atoms in total. The van der Waals surface area contributed by atoms with Crippen LogP contribution in [0.3, 0.4) is 0 Å². The minimum Gasteiger partial charge on any atom is -0.388 e. The lowest BCUT2D eigenvalue weighted by molar-refractivity contribution is 0.0593. The van der Waals surface area contributed by atoms with Gasteiger partial charge >= 0.3 is 0 Å². The summed E-state index contributed by atoms with van der Waals surface area (Å²) >= 11 is 3.44. The van der Waals surface area contributed by atoms with E-state index in [1.165, 1.54) is 0 Å². The fourth-order valence-electron chi connectivity index (χ4n) is 2.05. The van der Waals surface area contributed by atoms with Gasteiger partial charge in [0, 0.05) is 17.6 Å². The highest BCUT2D eigenvalue weighted by atomic mass is 79.9. The SMILES string of the molecule is CC[C@]1(O)CCN(c2ccc(Br)c(C)n2)C1. The van der Waals surface area contributed by atoms with Gasteiger partial charge in [0.15, 0.2) is 0 Å². The van der Waals surface area contributed by atoms with Gasteiger partial charge in [-0.05, 0) is 47.8 Å². The van der Waals surface area contributed by atoms with Gasteiger partial charge in [0.1, 0.15) is 5.82 Å². The number of aryl methyl sites for hydroxylation is 1. The summed E-state index contributed by atoms with van der Waals surface area (Å²) < 4.78 is 1.03. The topological polar surface area (TPSA) is 36.4 Å². The zero-order valence-corrected chi connectivity index (χ0v) is 11.3. The molecule has 1 aliphatic rings. The summed E-state index contributed by atoms with van der Waals surface area (Å²) in [5, 5.41) is 10.2. The average Bonchev–Trinajstić information content (AvgIpc) is 2.66. The van der Waals surface area contributed by atoms with E-state index in [0.29, 0.717) is 6.54 Å². The molecule has 0 aliphatic carbocycles. The average molecular weight is 285 g/mol. The summed E-state index contributed by atoms with van der Waals surface area (Å²) in [7, 11) is 0. The first kappa shape index (κ1) is 11.9. The standard InChI is InChI=1S/C12H17BrN2O/c1-3-12(16)6-7-15(8-12)11-5-4-10(13)9(2)14-11/h4-5,16H,3,6-8H2,1-2H3/t12-/m0/s1. The number of β-amino-alcohol motifs (C(OH)–C–C–N with tert-alkyl or cyclic N) is 1. The maximum Gasteiger partial charge on any atom is 0.128 e. The Labute approximate surface area is 105 Å². The van der Waals surface area contributed by atoms with E-state index in [1.807, 2.05) is 26.0 Å². The molecular formula is C12H17BrN2O. The summed E-state index contributed by atoms with van der Waals surface area (Å²) in [6.45, 7) is 5.59. The Balaban J connectivity index is 2.17. The van der Waals surface area contributed by atoms with E-state index in [2.05, 4.69) is 25.8 Å². The Bertz CT molecular complexity index is 397. The van der Waals surface area contributed by atoms with Crippen LogP contribution in [0.25, 0.3) is 0 Å². The molecule has 0 radical (unpaired) electrons. The molecule has 0 spiro atoms. The largest absolute Gasteiger partial charge is 0.388 e. The molecule has 0 unspecified atom stereocenters. The van der Waals surface area contributed by atoms with E-state index in [9.17, 15) is 5.11 Å². The second-order valence-corrected chi connectivity index (χ2v) is 5.34. The summed E-state index contributed by atoms with van der Waals surface area (Å²) in [6, 6.07) is 4.01. The maximum absolute atomic E-state index is 10.2. The number of halogens is 1. The van der Waals surface area contributed by atoms with Crippen molar-refractivity contribution in [1.82, 2.24) is 4.98 Å². The summed E-state index contributed by atoms with van der Waals surface area (Å²) in [5.41, 5.74) is 0.465. The Hall–Kier alpha value is -0.610. The van der Waals surface area contributed by atoms with Gasteiger partial charge in [0.05, 0.1) is 11.3 Å². The normalized spacial score (nSPS) is 25.1. The van der Waals surface area contributed by atoms with Crippen LogP contribution in [0.4, 0.5) is 5.82 Å². The van der Waals surface area contributed by atoms with Crippen molar-refractivity contribution in [1.29, 1.82) is 0 Å². The molecule has 4 heteroatoms. The van der Waals surface area contributed by atoms with Crippen LogP contribution in [0.15, 0.2) is 16.6 Å². The van der Waals surface area contributed by atoms with Crippen LogP contribution in [0.1, 0.15) is 25.5 Å². The number of hydrogen-bond donors (Lipinski definition) is 1. The molecular weight excluding hydrogens is 268 g/mol. The van der Waals surface area contributed by atoms with E-state index in [0.717, 1.165) is 35.4 Å². The molecule has 0 amide bonds. The van der Waals surface area contributed by atoms with E-state index in [1.54, 1.807) is 0 Å². The van der Waals surface area contributed by atoms with Crippen LogP contribution in [0.5, 0.6) is 0 Å². The fourth-order valence-corrected chi connectivity index (χ4v) is 2.27. The molecule has 1 N–H and O–H groups in total. The molecule has 0 aromatic carbocycles. The van der Waals surface area contributed by atoms with Gasteiger partial charge in [0.2, 0.25) is 0 Å². The molecule has 2 rings (SSSR count). The third-order valence-corrected chi connectivity index (χ3v) is 4.16. The first-order valence-electron chi connectivity index (χ1n) is 5.64. The molecule has 88 valence electrons. The number of aromatic nitrogens is 1. The molecule has 1 aliphatic heterocycles.